The number of aromatic nitrogens is 2. The van der Waals surface area contributed by atoms with E-state index in [0.717, 1.165) is 5.56 Å². The molecule has 2 aromatic carbocycles. The zero-order chi connectivity index (χ0) is 22.4. The van der Waals surface area contributed by atoms with E-state index in [0.29, 0.717) is 40.5 Å². The fourth-order valence-electron chi connectivity index (χ4n) is 3.14. The molecule has 1 aromatic heterocycles. The maximum Gasteiger partial charge on any atom is 0.255 e. The first-order valence-electron chi connectivity index (χ1n) is 10.1. The van der Waals surface area contributed by atoms with Crippen molar-refractivity contribution < 1.29 is 9.59 Å². The molecule has 0 saturated heterocycles. The van der Waals surface area contributed by atoms with Crippen LogP contribution in [0.4, 0.5) is 5.69 Å². The third kappa shape index (κ3) is 5.92. The fraction of sp³-hybridized carbons (Fsp3) is 0.250. The number of rotatable bonds is 8. The Morgan fingerprint density at radius 2 is 1.87 bits per heavy atom. The molecule has 0 radical (unpaired) electrons. The van der Waals surface area contributed by atoms with Crippen LogP contribution >= 0.6 is 11.8 Å². The van der Waals surface area contributed by atoms with E-state index >= 15 is 0 Å². The number of ketones is 1. The van der Waals surface area contributed by atoms with Crippen molar-refractivity contribution in [2.24, 2.45) is 0 Å². The van der Waals surface area contributed by atoms with E-state index in [9.17, 15) is 14.4 Å². The lowest BCUT2D eigenvalue weighted by Gasteiger charge is -2.15. The van der Waals surface area contributed by atoms with Gasteiger partial charge >= 0.3 is 0 Å². The van der Waals surface area contributed by atoms with Gasteiger partial charge in [0.2, 0.25) is 5.91 Å². The van der Waals surface area contributed by atoms with E-state index in [2.05, 4.69) is 15.3 Å². The minimum absolute atomic E-state index is 0.0645. The molecule has 2 N–H and O–H groups in total. The topological polar surface area (TPSA) is 91.9 Å². The number of hydrogen-bond donors (Lipinski definition) is 2. The van der Waals surface area contributed by atoms with Crippen LogP contribution in [0.2, 0.25) is 0 Å². The average molecular weight is 436 g/mol. The number of aromatic amines is 1. The lowest BCUT2D eigenvalue weighted by molar-refractivity contribution is -0.115. The highest BCUT2D eigenvalue weighted by Crippen LogP contribution is 2.24. The van der Waals surface area contributed by atoms with Gasteiger partial charge in [-0.25, -0.2) is 4.98 Å². The Labute approximate surface area is 185 Å². The third-order valence-corrected chi connectivity index (χ3v) is 6.13. The molecule has 0 aliphatic heterocycles. The number of anilines is 1. The molecule has 6 nitrogen and oxygen atoms in total. The predicted octanol–water partition coefficient (Wildman–Crippen LogP) is 4.38. The van der Waals surface area contributed by atoms with Crippen molar-refractivity contribution in [2.75, 3.05) is 5.32 Å². The van der Waals surface area contributed by atoms with Gasteiger partial charge in [0.1, 0.15) is 0 Å². The Hall–Kier alpha value is -3.19. The monoisotopic (exact) mass is 435 g/mol. The number of amides is 1. The molecule has 160 valence electrons. The third-order valence-electron chi connectivity index (χ3n) is 4.88. The van der Waals surface area contributed by atoms with E-state index in [1.165, 1.54) is 18.7 Å². The molecule has 1 amide bonds. The van der Waals surface area contributed by atoms with Crippen molar-refractivity contribution in [2.45, 2.75) is 44.0 Å². The summed E-state index contributed by atoms with van der Waals surface area (Å²) in [6.45, 7) is 5.20. The molecule has 7 heteroatoms. The lowest BCUT2D eigenvalue weighted by Crippen LogP contribution is -2.26. The quantitative estimate of drug-likeness (QED) is 0.311. The molecule has 1 unspecified atom stereocenters. The van der Waals surface area contributed by atoms with Gasteiger partial charge < -0.3 is 10.3 Å². The Morgan fingerprint density at radius 3 is 2.52 bits per heavy atom. The van der Waals surface area contributed by atoms with Crippen LogP contribution < -0.4 is 10.9 Å². The van der Waals surface area contributed by atoms with Crippen LogP contribution in [0.25, 0.3) is 0 Å². The molecule has 31 heavy (non-hydrogen) atoms. The van der Waals surface area contributed by atoms with Crippen molar-refractivity contribution in [3.8, 4) is 0 Å². The van der Waals surface area contributed by atoms with Gasteiger partial charge in [0, 0.05) is 28.9 Å². The van der Waals surface area contributed by atoms with Crippen molar-refractivity contribution in [1.29, 1.82) is 0 Å². The number of hydrogen-bond acceptors (Lipinski definition) is 5. The van der Waals surface area contributed by atoms with Crippen molar-refractivity contribution in [3.05, 3.63) is 87.3 Å². The van der Waals surface area contributed by atoms with E-state index in [-0.39, 0.29) is 17.2 Å². The largest absolute Gasteiger partial charge is 0.325 e. The molecule has 0 aliphatic carbocycles. The number of carbonyl (C=O) groups excluding carboxylic acids is 2. The second kappa shape index (κ2) is 10.2. The summed E-state index contributed by atoms with van der Waals surface area (Å²) in [5, 5.41) is 2.82. The van der Waals surface area contributed by atoms with Gasteiger partial charge in [-0.15, -0.1) is 0 Å². The molecule has 3 rings (SSSR count). The first-order valence-corrected chi connectivity index (χ1v) is 11.0. The number of nitrogens with one attached hydrogen (secondary N) is 2. The van der Waals surface area contributed by atoms with Crippen LogP contribution in [0.5, 0.6) is 0 Å². The molecule has 1 atom stereocenters. The summed E-state index contributed by atoms with van der Waals surface area (Å²) in [5.41, 5.74) is 3.22. The maximum atomic E-state index is 12.8. The Balaban J connectivity index is 1.74. The van der Waals surface area contributed by atoms with E-state index in [4.69, 9.17) is 0 Å². The van der Waals surface area contributed by atoms with E-state index in [1.54, 1.807) is 24.3 Å². The van der Waals surface area contributed by atoms with Gasteiger partial charge in [0.05, 0.1) is 5.25 Å². The van der Waals surface area contributed by atoms with Gasteiger partial charge in [0.25, 0.3) is 5.56 Å². The number of H-pyrrole nitrogens is 1. The van der Waals surface area contributed by atoms with Gasteiger partial charge in [-0.3, -0.25) is 14.4 Å². The summed E-state index contributed by atoms with van der Waals surface area (Å²) >= 11 is 1.22. The first-order chi connectivity index (χ1) is 14.9. The highest BCUT2D eigenvalue weighted by atomic mass is 32.2. The van der Waals surface area contributed by atoms with Gasteiger partial charge in [-0.05, 0) is 38.0 Å². The summed E-state index contributed by atoms with van der Waals surface area (Å²) in [6.07, 6.45) is 1.06. The summed E-state index contributed by atoms with van der Waals surface area (Å²) in [5.74, 6) is -0.271. The van der Waals surface area contributed by atoms with Gasteiger partial charge in [0.15, 0.2) is 10.9 Å². The molecule has 0 fully saturated rings. The van der Waals surface area contributed by atoms with Crippen molar-refractivity contribution >= 4 is 29.1 Å². The van der Waals surface area contributed by atoms with Crippen molar-refractivity contribution in [1.82, 2.24) is 9.97 Å². The molecule has 0 aliphatic rings. The number of nitrogens with zero attached hydrogens (tertiary/aromatic N) is 1. The van der Waals surface area contributed by atoms with Gasteiger partial charge in [-0.2, -0.15) is 0 Å². The van der Waals surface area contributed by atoms with Crippen LogP contribution in [-0.2, 0) is 11.2 Å². The normalized spacial score (nSPS) is 11.7. The van der Waals surface area contributed by atoms with Crippen LogP contribution in [0.3, 0.4) is 0 Å². The van der Waals surface area contributed by atoms with Crippen LogP contribution in [0.1, 0.15) is 47.4 Å². The first kappa shape index (κ1) is 22.5. The molecule has 0 spiro atoms. The Bertz CT molecular complexity index is 1140. The fourth-order valence-corrected chi connectivity index (χ4v) is 4.09. The molecule has 1 heterocycles. The molecule has 0 saturated carbocycles. The molecular formula is C24H25N3O3S. The summed E-state index contributed by atoms with van der Waals surface area (Å²) in [7, 11) is 0. The zero-order valence-corrected chi connectivity index (χ0v) is 18.6. The average Bonchev–Trinajstić information content (AvgIpc) is 2.75. The zero-order valence-electron chi connectivity index (χ0n) is 17.8. The van der Waals surface area contributed by atoms with Crippen molar-refractivity contribution in [3.63, 3.8) is 0 Å². The number of aryl methyl sites for hydroxylation is 1. The molecule has 3 aromatic rings. The van der Waals surface area contributed by atoms with E-state index < -0.39 is 5.25 Å². The van der Waals surface area contributed by atoms with Crippen LogP contribution in [-0.4, -0.2) is 26.9 Å². The van der Waals surface area contributed by atoms with Crippen LogP contribution in [0, 0.1) is 6.92 Å². The summed E-state index contributed by atoms with van der Waals surface area (Å²) < 4.78 is 0. The number of thioether (sulfide) groups is 1. The second-order valence-corrected chi connectivity index (χ2v) is 8.43. The SMILES string of the molecule is CCC(Sc1nc(C)c(Cc2ccccc2)c(=O)[nH]1)C(=O)Nc1cccc(C(C)=O)c1. The minimum atomic E-state index is -0.441. The minimum Gasteiger partial charge on any atom is -0.325 e. The Kier molecular flexibility index (Phi) is 7.41. The number of Topliss-reactive ketones (excluding diaryl/α,β-unsaturated/α-hetero) is 1. The molecular weight excluding hydrogens is 410 g/mol. The summed E-state index contributed by atoms with van der Waals surface area (Å²) in [6, 6.07) is 16.6. The van der Waals surface area contributed by atoms with Gasteiger partial charge in [-0.1, -0.05) is 61.2 Å². The second-order valence-electron chi connectivity index (χ2n) is 7.24. The standard InChI is InChI=1S/C24H25N3O3S/c1-4-21(23(30)26-19-12-8-11-18(14-19)16(3)28)31-24-25-15(2)20(22(29)27-24)13-17-9-6-5-7-10-17/h5-12,14,21H,4,13H2,1-3H3,(H,26,30)(H,25,27,29). The summed E-state index contributed by atoms with van der Waals surface area (Å²) in [4.78, 5) is 44.3. The number of benzene rings is 2. The number of carbonyl (C=O) groups is 2. The smallest absolute Gasteiger partial charge is 0.255 e. The highest BCUT2D eigenvalue weighted by Gasteiger charge is 2.21. The Morgan fingerprint density at radius 1 is 1.13 bits per heavy atom. The van der Waals surface area contributed by atoms with E-state index in [1.807, 2.05) is 44.2 Å². The maximum absolute atomic E-state index is 12.8. The predicted molar refractivity (Wildman–Crippen MR) is 124 cm³/mol. The highest BCUT2D eigenvalue weighted by molar-refractivity contribution is 8.00. The lowest BCUT2D eigenvalue weighted by atomic mass is 10.1. The molecule has 0 bridgehead atoms. The van der Waals surface area contributed by atoms with Crippen LogP contribution in [0.15, 0.2) is 64.5 Å².